The Bertz CT molecular complexity index is 328. The van der Waals surface area contributed by atoms with Crippen LogP contribution in [0.4, 0.5) is 0 Å². The third-order valence-electron chi connectivity index (χ3n) is 2.20. The molecule has 0 aromatic heterocycles. The highest BCUT2D eigenvalue weighted by atomic mass is 79.9. The summed E-state index contributed by atoms with van der Waals surface area (Å²) in [5, 5.41) is 12.7. The normalized spacial score (nSPS) is 12.6. The summed E-state index contributed by atoms with van der Waals surface area (Å²) in [6.45, 7) is 2.04. The molecule has 0 saturated heterocycles. The first-order chi connectivity index (χ1) is 6.60. The van der Waals surface area contributed by atoms with Gasteiger partial charge in [0.15, 0.2) is 11.5 Å². The number of ether oxygens (including phenoxy) is 1. The third-order valence-corrected chi connectivity index (χ3v) is 2.81. The van der Waals surface area contributed by atoms with Crippen LogP contribution in [-0.2, 0) is 0 Å². The molecule has 1 aromatic carbocycles. The minimum atomic E-state index is 0.138. The first-order valence-electron chi connectivity index (χ1n) is 4.33. The molecule has 0 fully saturated rings. The van der Waals surface area contributed by atoms with E-state index in [1.54, 1.807) is 0 Å². The van der Waals surface area contributed by atoms with E-state index in [0.717, 1.165) is 5.56 Å². The number of hydrogen-bond donors (Lipinski definition) is 2. The first kappa shape index (κ1) is 11.3. The maximum absolute atomic E-state index is 9.58. The molecule has 0 aliphatic carbocycles. The minimum absolute atomic E-state index is 0.138. The van der Waals surface area contributed by atoms with Gasteiger partial charge in [0.25, 0.3) is 0 Å². The molecule has 0 aliphatic heterocycles. The molecule has 0 unspecified atom stereocenters. The van der Waals surface area contributed by atoms with E-state index in [1.807, 2.05) is 26.1 Å². The summed E-state index contributed by atoms with van der Waals surface area (Å²) in [7, 11) is 3.42. The van der Waals surface area contributed by atoms with Crippen molar-refractivity contribution < 1.29 is 9.84 Å². The lowest BCUT2D eigenvalue weighted by Gasteiger charge is -2.13. The second-order valence-corrected chi connectivity index (χ2v) is 3.92. The Morgan fingerprint density at radius 1 is 1.50 bits per heavy atom. The quantitative estimate of drug-likeness (QED) is 0.877. The molecule has 3 nitrogen and oxygen atoms in total. The smallest absolute Gasteiger partial charge is 0.172 e. The van der Waals surface area contributed by atoms with Crippen LogP contribution in [0, 0.1) is 0 Å². The van der Waals surface area contributed by atoms with Crippen molar-refractivity contribution in [1.29, 1.82) is 0 Å². The number of phenolic OH excluding ortho intramolecular Hbond substituents is 1. The van der Waals surface area contributed by atoms with Gasteiger partial charge in [-0.05, 0) is 47.6 Å². The van der Waals surface area contributed by atoms with Crippen LogP contribution >= 0.6 is 15.9 Å². The number of halogens is 1. The van der Waals surface area contributed by atoms with E-state index in [-0.39, 0.29) is 11.8 Å². The van der Waals surface area contributed by atoms with Gasteiger partial charge >= 0.3 is 0 Å². The molecule has 1 atom stereocenters. The fourth-order valence-electron chi connectivity index (χ4n) is 1.17. The average molecular weight is 260 g/mol. The summed E-state index contributed by atoms with van der Waals surface area (Å²) in [6.07, 6.45) is 0. The maximum Gasteiger partial charge on any atom is 0.172 e. The van der Waals surface area contributed by atoms with E-state index in [4.69, 9.17) is 4.74 Å². The number of nitrogens with one attached hydrogen (secondary N) is 1. The summed E-state index contributed by atoms with van der Waals surface area (Å²) in [6, 6.07) is 3.92. The number of methoxy groups -OCH3 is 1. The fraction of sp³-hybridized carbons (Fsp3) is 0.400. The van der Waals surface area contributed by atoms with E-state index in [2.05, 4.69) is 21.2 Å². The van der Waals surface area contributed by atoms with Crippen molar-refractivity contribution in [1.82, 2.24) is 5.32 Å². The van der Waals surface area contributed by atoms with Crippen LogP contribution in [0.25, 0.3) is 0 Å². The molecule has 0 amide bonds. The fourth-order valence-corrected chi connectivity index (χ4v) is 1.63. The van der Waals surface area contributed by atoms with Crippen molar-refractivity contribution in [2.75, 3.05) is 14.2 Å². The van der Waals surface area contributed by atoms with Gasteiger partial charge in [0.1, 0.15) is 0 Å². The summed E-state index contributed by atoms with van der Waals surface area (Å²) in [4.78, 5) is 0. The van der Waals surface area contributed by atoms with Gasteiger partial charge < -0.3 is 15.2 Å². The Morgan fingerprint density at radius 3 is 2.64 bits per heavy atom. The predicted octanol–water partition coefficient (Wildman–Crippen LogP) is 2.44. The minimum Gasteiger partial charge on any atom is -0.503 e. The van der Waals surface area contributed by atoms with E-state index in [0.29, 0.717) is 10.2 Å². The largest absolute Gasteiger partial charge is 0.503 e. The van der Waals surface area contributed by atoms with Crippen molar-refractivity contribution in [2.24, 2.45) is 0 Å². The molecular weight excluding hydrogens is 246 g/mol. The molecule has 14 heavy (non-hydrogen) atoms. The molecule has 2 N–H and O–H groups in total. The molecule has 0 saturated carbocycles. The Labute approximate surface area is 92.2 Å². The van der Waals surface area contributed by atoms with Crippen LogP contribution < -0.4 is 10.1 Å². The Morgan fingerprint density at radius 2 is 2.14 bits per heavy atom. The zero-order chi connectivity index (χ0) is 10.7. The molecule has 1 rings (SSSR count). The van der Waals surface area contributed by atoms with Crippen molar-refractivity contribution in [3.05, 3.63) is 22.2 Å². The zero-order valence-corrected chi connectivity index (χ0v) is 10.1. The number of hydrogen-bond acceptors (Lipinski definition) is 3. The topological polar surface area (TPSA) is 41.5 Å². The van der Waals surface area contributed by atoms with Gasteiger partial charge in [-0.1, -0.05) is 0 Å². The molecule has 0 heterocycles. The second kappa shape index (κ2) is 4.66. The highest BCUT2D eigenvalue weighted by Gasteiger charge is 2.11. The van der Waals surface area contributed by atoms with Crippen LogP contribution in [-0.4, -0.2) is 19.3 Å². The number of aromatic hydroxyl groups is 1. The monoisotopic (exact) mass is 259 g/mol. The van der Waals surface area contributed by atoms with Gasteiger partial charge in [-0.15, -0.1) is 0 Å². The van der Waals surface area contributed by atoms with Gasteiger partial charge in [-0.3, -0.25) is 0 Å². The Kier molecular flexibility index (Phi) is 3.77. The number of benzene rings is 1. The standard InChI is InChI=1S/C10H14BrNO2/c1-6(12-2)7-4-8(11)10(13)9(5-7)14-3/h4-6,12-13H,1-3H3/t6-/m1/s1. The highest BCUT2D eigenvalue weighted by molar-refractivity contribution is 9.10. The Balaban J connectivity index is 3.16. The maximum atomic E-state index is 9.58. The summed E-state index contributed by atoms with van der Waals surface area (Å²) >= 11 is 3.28. The van der Waals surface area contributed by atoms with Gasteiger partial charge in [-0.2, -0.15) is 0 Å². The summed E-state index contributed by atoms with van der Waals surface area (Å²) in [5.74, 6) is 0.621. The van der Waals surface area contributed by atoms with Gasteiger partial charge in [0.05, 0.1) is 11.6 Å². The van der Waals surface area contributed by atoms with E-state index < -0.39 is 0 Å². The van der Waals surface area contributed by atoms with Crippen LogP contribution in [0.1, 0.15) is 18.5 Å². The SMILES string of the molecule is CN[C@H](C)c1cc(Br)c(O)c(OC)c1. The molecule has 0 spiro atoms. The van der Waals surface area contributed by atoms with Gasteiger partial charge in [0.2, 0.25) is 0 Å². The molecule has 78 valence electrons. The van der Waals surface area contributed by atoms with E-state index in [9.17, 15) is 5.11 Å². The van der Waals surface area contributed by atoms with Crippen molar-refractivity contribution in [3.8, 4) is 11.5 Å². The number of rotatable bonds is 3. The predicted molar refractivity (Wildman–Crippen MR) is 59.8 cm³/mol. The lowest BCUT2D eigenvalue weighted by Crippen LogP contribution is -2.12. The lowest BCUT2D eigenvalue weighted by atomic mass is 10.1. The highest BCUT2D eigenvalue weighted by Crippen LogP contribution is 2.36. The molecule has 0 bridgehead atoms. The van der Waals surface area contributed by atoms with Crippen LogP contribution in [0.2, 0.25) is 0 Å². The summed E-state index contributed by atoms with van der Waals surface area (Å²) < 4.78 is 5.70. The molecule has 1 aromatic rings. The van der Waals surface area contributed by atoms with Crippen molar-refractivity contribution >= 4 is 15.9 Å². The van der Waals surface area contributed by atoms with Crippen LogP contribution in [0.15, 0.2) is 16.6 Å². The zero-order valence-electron chi connectivity index (χ0n) is 8.47. The van der Waals surface area contributed by atoms with Crippen LogP contribution in [0.5, 0.6) is 11.5 Å². The third kappa shape index (κ3) is 2.19. The van der Waals surface area contributed by atoms with Crippen molar-refractivity contribution in [2.45, 2.75) is 13.0 Å². The first-order valence-corrected chi connectivity index (χ1v) is 5.13. The van der Waals surface area contributed by atoms with Crippen molar-refractivity contribution in [3.63, 3.8) is 0 Å². The lowest BCUT2D eigenvalue weighted by molar-refractivity contribution is 0.371. The van der Waals surface area contributed by atoms with Gasteiger partial charge in [-0.25, -0.2) is 0 Å². The number of phenols is 1. The van der Waals surface area contributed by atoms with E-state index >= 15 is 0 Å². The molecule has 0 aliphatic rings. The summed E-state index contributed by atoms with van der Waals surface area (Å²) in [5.41, 5.74) is 1.06. The van der Waals surface area contributed by atoms with Gasteiger partial charge in [0, 0.05) is 6.04 Å². The van der Waals surface area contributed by atoms with E-state index in [1.165, 1.54) is 7.11 Å². The molecule has 0 radical (unpaired) electrons. The second-order valence-electron chi connectivity index (χ2n) is 3.06. The molecule has 4 heteroatoms. The molecular formula is C10H14BrNO2. The van der Waals surface area contributed by atoms with Crippen LogP contribution in [0.3, 0.4) is 0 Å². The Hall–Kier alpha value is -0.740. The average Bonchev–Trinajstić information content (AvgIpc) is 2.20.